The van der Waals surface area contributed by atoms with Crippen LogP contribution in [0.3, 0.4) is 0 Å². The van der Waals surface area contributed by atoms with Gasteiger partial charge in [-0.15, -0.1) is 0 Å². The smallest absolute Gasteiger partial charge is 0.304 e. The number of hydrogen-bond donors (Lipinski definition) is 3. The van der Waals surface area contributed by atoms with Crippen LogP contribution in [-0.4, -0.2) is 43.2 Å². The van der Waals surface area contributed by atoms with E-state index in [1.54, 1.807) is 0 Å². The van der Waals surface area contributed by atoms with Gasteiger partial charge < -0.3 is 20.5 Å². The number of para-hydroxylation sites is 1. The molecule has 0 radical (unpaired) electrons. The lowest BCUT2D eigenvalue weighted by atomic mass is 10.3. The third-order valence-electron chi connectivity index (χ3n) is 2.24. The minimum atomic E-state index is -0.885. The Kier molecular flexibility index (Phi) is 7.04. The molecular weight excluding hydrogens is 248 g/mol. The number of ether oxygens (including phenoxy) is 1. The van der Waals surface area contributed by atoms with Gasteiger partial charge in [0.1, 0.15) is 12.4 Å². The van der Waals surface area contributed by atoms with Gasteiger partial charge in [0.25, 0.3) is 0 Å². The normalized spacial score (nSPS) is 9.89. The number of rotatable bonds is 9. The molecule has 0 spiro atoms. The van der Waals surface area contributed by atoms with Crippen molar-refractivity contribution in [2.45, 2.75) is 6.42 Å². The molecule has 0 aliphatic heterocycles. The van der Waals surface area contributed by atoms with Crippen LogP contribution in [0, 0.1) is 0 Å². The third-order valence-corrected chi connectivity index (χ3v) is 2.24. The highest BCUT2D eigenvalue weighted by molar-refractivity contribution is 5.78. The van der Waals surface area contributed by atoms with Gasteiger partial charge in [-0.05, 0) is 12.1 Å². The van der Waals surface area contributed by atoms with E-state index in [1.807, 2.05) is 30.3 Å². The van der Waals surface area contributed by atoms with Crippen molar-refractivity contribution in [1.29, 1.82) is 0 Å². The van der Waals surface area contributed by atoms with Crippen molar-refractivity contribution in [2.24, 2.45) is 0 Å². The second-order valence-corrected chi connectivity index (χ2v) is 3.83. The zero-order valence-electron chi connectivity index (χ0n) is 10.6. The number of nitrogens with one attached hydrogen (secondary N) is 2. The van der Waals surface area contributed by atoms with Gasteiger partial charge in [0, 0.05) is 6.54 Å². The summed E-state index contributed by atoms with van der Waals surface area (Å²) >= 11 is 0. The molecule has 19 heavy (non-hydrogen) atoms. The van der Waals surface area contributed by atoms with Crippen molar-refractivity contribution < 1.29 is 19.4 Å². The maximum absolute atomic E-state index is 11.3. The second-order valence-electron chi connectivity index (χ2n) is 3.83. The number of hydrogen-bond acceptors (Lipinski definition) is 4. The van der Waals surface area contributed by atoms with E-state index >= 15 is 0 Å². The van der Waals surface area contributed by atoms with Crippen molar-refractivity contribution in [2.75, 3.05) is 26.2 Å². The summed E-state index contributed by atoms with van der Waals surface area (Å²) in [6, 6.07) is 9.34. The van der Waals surface area contributed by atoms with Crippen molar-refractivity contribution in [3.63, 3.8) is 0 Å². The van der Waals surface area contributed by atoms with E-state index in [-0.39, 0.29) is 25.4 Å². The van der Waals surface area contributed by atoms with Gasteiger partial charge in [-0.1, -0.05) is 18.2 Å². The average molecular weight is 266 g/mol. The van der Waals surface area contributed by atoms with Crippen molar-refractivity contribution >= 4 is 11.9 Å². The first-order valence-electron chi connectivity index (χ1n) is 6.05. The van der Waals surface area contributed by atoms with E-state index in [1.165, 1.54) is 0 Å². The molecule has 0 saturated carbocycles. The molecule has 1 rings (SSSR count). The van der Waals surface area contributed by atoms with E-state index in [4.69, 9.17) is 9.84 Å². The highest BCUT2D eigenvalue weighted by atomic mass is 16.5. The van der Waals surface area contributed by atoms with Gasteiger partial charge in [-0.25, -0.2) is 0 Å². The molecule has 0 aromatic heterocycles. The lowest BCUT2D eigenvalue weighted by Crippen LogP contribution is -2.36. The van der Waals surface area contributed by atoms with Crippen LogP contribution < -0.4 is 15.4 Å². The summed E-state index contributed by atoms with van der Waals surface area (Å²) in [5.41, 5.74) is 0. The lowest BCUT2D eigenvalue weighted by Gasteiger charge is -2.08. The number of aliphatic carboxylic acids is 1. The SMILES string of the molecule is O=C(O)CCNCC(=O)NCCOc1ccccc1. The van der Waals surface area contributed by atoms with E-state index in [0.29, 0.717) is 13.2 Å². The summed E-state index contributed by atoms with van der Waals surface area (Å²) in [5, 5.41) is 13.8. The Bertz CT molecular complexity index is 395. The minimum absolute atomic E-state index is 0.00436. The maximum atomic E-state index is 11.3. The predicted octanol–water partition coefficient (Wildman–Crippen LogP) is 0.246. The Balaban J connectivity index is 2.00. The van der Waals surface area contributed by atoms with Crippen molar-refractivity contribution in [3.8, 4) is 5.75 Å². The monoisotopic (exact) mass is 266 g/mol. The van der Waals surface area contributed by atoms with Crippen LogP contribution in [0.1, 0.15) is 6.42 Å². The molecule has 0 unspecified atom stereocenters. The molecule has 0 fully saturated rings. The standard InChI is InChI=1S/C13H18N2O4/c16-12(10-14-7-6-13(17)18)15-8-9-19-11-4-2-1-3-5-11/h1-5,14H,6-10H2,(H,15,16)(H,17,18). The van der Waals surface area contributed by atoms with Gasteiger partial charge >= 0.3 is 5.97 Å². The molecule has 1 aromatic rings. The Morgan fingerprint density at radius 3 is 2.58 bits per heavy atom. The second kappa shape index (κ2) is 8.93. The van der Waals surface area contributed by atoms with Gasteiger partial charge in [-0.3, -0.25) is 9.59 Å². The van der Waals surface area contributed by atoms with E-state index in [9.17, 15) is 9.59 Å². The molecule has 1 aromatic carbocycles. The summed E-state index contributed by atoms with van der Waals surface area (Å²) in [6.45, 7) is 1.20. The summed E-state index contributed by atoms with van der Waals surface area (Å²) in [5.74, 6) is -0.303. The number of carbonyl (C=O) groups is 2. The Morgan fingerprint density at radius 2 is 1.89 bits per heavy atom. The number of amides is 1. The minimum Gasteiger partial charge on any atom is -0.492 e. The largest absolute Gasteiger partial charge is 0.492 e. The molecule has 0 aliphatic rings. The van der Waals surface area contributed by atoms with E-state index in [0.717, 1.165) is 5.75 Å². The van der Waals surface area contributed by atoms with Crippen LogP contribution in [-0.2, 0) is 9.59 Å². The fraction of sp³-hybridized carbons (Fsp3) is 0.385. The topological polar surface area (TPSA) is 87.7 Å². The van der Waals surface area contributed by atoms with E-state index in [2.05, 4.69) is 10.6 Å². The van der Waals surface area contributed by atoms with Gasteiger partial charge in [0.2, 0.25) is 5.91 Å². The highest BCUT2D eigenvalue weighted by Gasteiger charge is 2.01. The zero-order chi connectivity index (χ0) is 13.9. The number of carbonyl (C=O) groups excluding carboxylic acids is 1. The highest BCUT2D eigenvalue weighted by Crippen LogP contribution is 2.07. The summed E-state index contributed by atoms with van der Waals surface area (Å²) in [4.78, 5) is 21.6. The molecule has 6 heteroatoms. The maximum Gasteiger partial charge on any atom is 0.304 e. The number of carboxylic acid groups (broad SMARTS) is 1. The van der Waals surface area contributed by atoms with Crippen LogP contribution >= 0.6 is 0 Å². The summed E-state index contributed by atoms with van der Waals surface area (Å²) in [7, 11) is 0. The molecule has 1 amide bonds. The van der Waals surface area contributed by atoms with Crippen LogP contribution in [0.2, 0.25) is 0 Å². The van der Waals surface area contributed by atoms with Crippen molar-refractivity contribution in [3.05, 3.63) is 30.3 Å². The van der Waals surface area contributed by atoms with Crippen LogP contribution in [0.4, 0.5) is 0 Å². The first kappa shape index (κ1) is 15.0. The number of carboxylic acids is 1. The molecule has 6 nitrogen and oxygen atoms in total. The van der Waals surface area contributed by atoms with Gasteiger partial charge in [0.15, 0.2) is 0 Å². The first-order valence-corrected chi connectivity index (χ1v) is 6.05. The van der Waals surface area contributed by atoms with Crippen LogP contribution in [0.5, 0.6) is 5.75 Å². The molecule has 104 valence electrons. The average Bonchev–Trinajstić information content (AvgIpc) is 2.41. The molecule has 0 heterocycles. The van der Waals surface area contributed by atoms with Crippen LogP contribution in [0.15, 0.2) is 30.3 Å². The van der Waals surface area contributed by atoms with Crippen LogP contribution in [0.25, 0.3) is 0 Å². The molecule has 0 atom stereocenters. The fourth-order valence-electron chi connectivity index (χ4n) is 1.34. The first-order chi connectivity index (χ1) is 9.18. The lowest BCUT2D eigenvalue weighted by molar-refractivity contribution is -0.137. The molecular formula is C13H18N2O4. The quantitative estimate of drug-likeness (QED) is 0.557. The molecule has 3 N–H and O–H groups in total. The molecule has 0 bridgehead atoms. The third kappa shape index (κ3) is 7.77. The van der Waals surface area contributed by atoms with Crippen molar-refractivity contribution in [1.82, 2.24) is 10.6 Å². The Hall–Kier alpha value is -2.08. The van der Waals surface area contributed by atoms with Gasteiger partial charge in [0.05, 0.1) is 19.5 Å². The molecule has 0 aliphatic carbocycles. The molecule has 0 saturated heterocycles. The fourth-order valence-corrected chi connectivity index (χ4v) is 1.34. The van der Waals surface area contributed by atoms with Gasteiger partial charge in [-0.2, -0.15) is 0 Å². The zero-order valence-corrected chi connectivity index (χ0v) is 10.6. The summed E-state index contributed by atoms with van der Waals surface area (Å²) < 4.78 is 5.40. The van der Waals surface area contributed by atoms with E-state index < -0.39 is 5.97 Å². The number of benzene rings is 1. The Labute approximate surface area is 111 Å². The Morgan fingerprint density at radius 1 is 1.16 bits per heavy atom. The predicted molar refractivity (Wildman–Crippen MR) is 70.1 cm³/mol. The summed E-state index contributed by atoms with van der Waals surface area (Å²) in [6.07, 6.45) is 0.00436.